The Labute approximate surface area is 122 Å². The van der Waals surface area contributed by atoms with E-state index >= 15 is 0 Å². The molecule has 0 spiro atoms. The van der Waals surface area contributed by atoms with Gasteiger partial charge in [-0.15, -0.1) is 0 Å². The first-order valence-corrected chi connectivity index (χ1v) is 8.29. The first kappa shape index (κ1) is 13.0. The van der Waals surface area contributed by atoms with Gasteiger partial charge in [0, 0.05) is 17.9 Å². The summed E-state index contributed by atoms with van der Waals surface area (Å²) in [6, 6.07) is 0. The fourth-order valence-corrected chi connectivity index (χ4v) is 5.34. The van der Waals surface area contributed by atoms with Crippen molar-refractivity contribution in [3.63, 3.8) is 0 Å². The van der Waals surface area contributed by atoms with Gasteiger partial charge in [-0.2, -0.15) is 5.10 Å². The molecule has 3 unspecified atom stereocenters. The minimum Gasteiger partial charge on any atom is -0.257 e. The van der Waals surface area contributed by atoms with Gasteiger partial charge >= 0.3 is 0 Å². The molecule has 0 amide bonds. The van der Waals surface area contributed by atoms with Gasteiger partial charge in [0.2, 0.25) is 0 Å². The number of aryl methyl sites for hydroxylation is 2. The van der Waals surface area contributed by atoms with E-state index in [0.29, 0.717) is 5.41 Å². The standard InChI is InChI=1S/C14H20BrClN2/c1-9-12(13(16)18(2)17-9)7-14(8-15)6-10-3-4-11(14)5-10/h10-11H,3-8H2,1-2H3. The predicted octanol–water partition coefficient (Wildman–Crippen LogP) is 4.13. The van der Waals surface area contributed by atoms with Crippen molar-refractivity contribution in [3.05, 3.63) is 16.4 Å². The van der Waals surface area contributed by atoms with Crippen LogP contribution in [0.25, 0.3) is 0 Å². The van der Waals surface area contributed by atoms with Gasteiger partial charge in [-0.1, -0.05) is 34.0 Å². The highest BCUT2D eigenvalue weighted by molar-refractivity contribution is 9.09. The number of alkyl halides is 1. The molecule has 1 aromatic heterocycles. The molecule has 0 aliphatic heterocycles. The Balaban J connectivity index is 1.91. The lowest BCUT2D eigenvalue weighted by molar-refractivity contribution is 0.196. The summed E-state index contributed by atoms with van der Waals surface area (Å²) in [5, 5.41) is 6.38. The first-order chi connectivity index (χ1) is 8.55. The lowest BCUT2D eigenvalue weighted by Crippen LogP contribution is -2.32. The average molecular weight is 332 g/mol. The van der Waals surface area contributed by atoms with Gasteiger partial charge in [-0.05, 0) is 49.9 Å². The van der Waals surface area contributed by atoms with Gasteiger partial charge < -0.3 is 0 Å². The molecule has 3 atom stereocenters. The zero-order valence-corrected chi connectivity index (χ0v) is 13.4. The van der Waals surface area contributed by atoms with Crippen molar-refractivity contribution in [1.82, 2.24) is 9.78 Å². The minimum absolute atomic E-state index is 0.431. The average Bonchev–Trinajstić information content (AvgIpc) is 3.00. The summed E-state index contributed by atoms with van der Waals surface area (Å²) in [5.74, 6) is 1.85. The molecule has 1 aromatic rings. The third kappa shape index (κ3) is 1.85. The van der Waals surface area contributed by atoms with Crippen molar-refractivity contribution in [1.29, 1.82) is 0 Å². The molecule has 0 aromatic carbocycles. The summed E-state index contributed by atoms with van der Waals surface area (Å²) in [7, 11) is 1.93. The van der Waals surface area contributed by atoms with Gasteiger partial charge in [-0.25, -0.2) is 0 Å². The van der Waals surface area contributed by atoms with E-state index in [9.17, 15) is 0 Å². The zero-order valence-electron chi connectivity index (χ0n) is 11.0. The lowest BCUT2D eigenvalue weighted by atomic mass is 9.71. The summed E-state index contributed by atoms with van der Waals surface area (Å²) >= 11 is 10.2. The van der Waals surface area contributed by atoms with Crippen LogP contribution < -0.4 is 0 Å². The molecular formula is C14H20BrClN2. The summed E-state index contributed by atoms with van der Waals surface area (Å²) in [4.78, 5) is 0. The number of aromatic nitrogens is 2. The fraction of sp³-hybridized carbons (Fsp3) is 0.786. The van der Waals surface area contributed by atoms with Crippen molar-refractivity contribution in [3.8, 4) is 0 Å². The molecular weight excluding hydrogens is 312 g/mol. The van der Waals surface area contributed by atoms with E-state index in [1.54, 1.807) is 4.68 Å². The number of fused-ring (bicyclic) bond motifs is 2. The number of hydrogen-bond acceptors (Lipinski definition) is 1. The minimum atomic E-state index is 0.431. The maximum atomic E-state index is 6.40. The Morgan fingerprint density at radius 3 is 2.72 bits per heavy atom. The van der Waals surface area contributed by atoms with Gasteiger partial charge in [-0.3, -0.25) is 4.68 Å². The van der Waals surface area contributed by atoms with Crippen LogP contribution in [0.3, 0.4) is 0 Å². The largest absolute Gasteiger partial charge is 0.257 e. The molecule has 2 saturated carbocycles. The highest BCUT2D eigenvalue weighted by Gasteiger charge is 2.50. The number of halogens is 2. The smallest absolute Gasteiger partial charge is 0.130 e. The summed E-state index contributed by atoms with van der Waals surface area (Å²) in [6.07, 6.45) is 6.75. The van der Waals surface area contributed by atoms with Crippen molar-refractivity contribution in [2.24, 2.45) is 24.3 Å². The van der Waals surface area contributed by atoms with Gasteiger partial charge in [0.15, 0.2) is 0 Å². The molecule has 2 aliphatic rings. The predicted molar refractivity (Wildman–Crippen MR) is 78.3 cm³/mol. The van der Waals surface area contributed by atoms with Crippen LogP contribution in [0.2, 0.25) is 5.15 Å². The second-order valence-corrected chi connectivity index (χ2v) is 7.15. The van der Waals surface area contributed by atoms with Crippen molar-refractivity contribution in [2.45, 2.75) is 39.0 Å². The molecule has 0 saturated heterocycles. The maximum Gasteiger partial charge on any atom is 0.130 e. The Bertz CT molecular complexity index is 471. The van der Waals surface area contributed by atoms with Crippen LogP contribution in [-0.2, 0) is 13.5 Å². The summed E-state index contributed by atoms with van der Waals surface area (Å²) < 4.78 is 1.81. The number of hydrogen-bond donors (Lipinski definition) is 0. The van der Waals surface area contributed by atoms with E-state index in [-0.39, 0.29) is 0 Å². The van der Waals surface area contributed by atoms with Crippen LogP contribution in [0, 0.1) is 24.2 Å². The van der Waals surface area contributed by atoms with E-state index in [2.05, 4.69) is 28.0 Å². The quantitative estimate of drug-likeness (QED) is 0.762. The molecule has 0 N–H and O–H groups in total. The maximum absolute atomic E-state index is 6.40. The Morgan fingerprint density at radius 2 is 2.28 bits per heavy atom. The first-order valence-electron chi connectivity index (χ1n) is 6.79. The molecule has 18 heavy (non-hydrogen) atoms. The van der Waals surface area contributed by atoms with E-state index in [4.69, 9.17) is 11.6 Å². The Kier molecular flexibility index (Phi) is 3.26. The molecule has 2 aliphatic carbocycles. The Morgan fingerprint density at radius 1 is 1.50 bits per heavy atom. The third-order valence-electron chi connectivity index (χ3n) is 5.17. The monoisotopic (exact) mass is 330 g/mol. The van der Waals surface area contributed by atoms with Crippen LogP contribution in [-0.4, -0.2) is 15.1 Å². The molecule has 100 valence electrons. The van der Waals surface area contributed by atoms with E-state index in [1.165, 1.54) is 31.2 Å². The van der Waals surface area contributed by atoms with E-state index in [0.717, 1.165) is 34.4 Å². The van der Waals surface area contributed by atoms with E-state index < -0.39 is 0 Å². The van der Waals surface area contributed by atoms with Crippen LogP contribution in [0.5, 0.6) is 0 Å². The number of nitrogens with zero attached hydrogens (tertiary/aromatic N) is 2. The topological polar surface area (TPSA) is 17.8 Å². The molecule has 4 heteroatoms. The van der Waals surface area contributed by atoms with Crippen molar-refractivity contribution >= 4 is 27.5 Å². The second-order valence-electron chi connectivity index (χ2n) is 6.23. The van der Waals surface area contributed by atoms with Crippen LogP contribution in [0.4, 0.5) is 0 Å². The van der Waals surface area contributed by atoms with Crippen LogP contribution in [0.1, 0.15) is 36.9 Å². The fourth-order valence-electron chi connectivity index (χ4n) is 4.21. The lowest BCUT2D eigenvalue weighted by Gasteiger charge is -2.36. The van der Waals surface area contributed by atoms with Crippen molar-refractivity contribution < 1.29 is 0 Å². The van der Waals surface area contributed by atoms with Crippen LogP contribution >= 0.6 is 27.5 Å². The third-order valence-corrected chi connectivity index (χ3v) is 6.76. The van der Waals surface area contributed by atoms with Gasteiger partial charge in [0.25, 0.3) is 0 Å². The summed E-state index contributed by atoms with van der Waals surface area (Å²) in [6.45, 7) is 2.08. The highest BCUT2D eigenvalue weighted by atomic mass is 79.9. The molecule has 2 bridgehead atoms. The Hall–Kier alpha value is -0.0200. The highest BCUT2D eigenvalue weighted by Crippen LogP contribution is 2.58. The SMILES string of the molecule is Cc1nn(C)c(Cl)c1CC1(CBr)CC2CCC1C2. The molecule has 0 radical (unpaired) electrons. The zero-order chi connectivity index (χ0) is 12.9. The molecule has 2 fully saturated rings. The van der Waals surface area contributed by atoms with Crippen LogP contribution in [0.15, 0.2) is 0 Å². The molecule has 1 heterocycles. The molecule has 3 rings (SSSR count). The number of rotatable bonds is 3. The van der Waals surface area contributed by atoms with Crippen molar-refractivity contribution in [2.75, 3.05) is 5.33 Å². The van der Waals surface area contributed by atoms with E-state index in [1.807, 2.05) is 7.05 Å². The second kappa shape index (κ2) is 4.52. The van der Waals surface area contributed by atoms with Gasteiger partial charge in [0.05, 0.1) is 5.69 Å². The molecule has 2 nitrogen and oxygen atoms in total. The van der Waals surface area contributed by atoms with Gasteiger partial charge in [0.1, 0.15) is 5.15 Å². The normalized spacial score (nSPS) is 34.4. The summed E-state index contributed by atoms with van der Waals surface area (Å²) in [5.41, 5.74) is 2.80.